The number of carbonyl (C=O) groups excluding carboxylic acids is 3. The minimum Gasteiger partial charge on any atom is -0.368 e. The van der Waals surface area contributed by atoms with E-state index in [2.05, 4.69) is 22.3 Å². The van der Waals surface area contributed by atoms with Crippen molar-refractivity contribution in [1.29, 1.82) is 0 Å². The first-order valence-corrected chi connectivity index (χ1v) is 12.7. The highest BCUT2D eigenvalue weighted by atomic mass is 32.2. The largest absolute Gasteiger partial charge is 0.368 e. The molecule has 0 unspecified atom stereocenters. The van der Waals surface area contributed by atoms with Crippen LogP contribution < -0.4 is 15.4 Å². The van der Waals surface area contributed by atoms with Gasteiger partial charge in [0.15, 0.2) is 5.78 Å². The van der Waals surface area contributed by atoms with E-state index in [1.807, 2.05) is 6.92 Å². The lowest BCUT2D eigenvalue weighted by Crippen LogP contribution is -2.55. The van der Waals surface area contributed by atoms with E-state index >= 15 is 0 Å². The van der Waals surface area contributed by atoms with Gasteiger partial charge < -0.3 is 15.4 Å². The summed E-state index contributed by atoms with van der Waals surface area (Å²) < 4.78 is 30.5. The highest BCUT2D eigenvalue weighted by molar-refractivity contribution is 7.92. The van der Waals surface area contributed by atoms with Crippen molar-refractivity contribution in [2.24, 2.45) is 5.41 Å². The van der Waals surface area contributed by atoms with Gasteiger partial charge in [0.05, 0.1) is 12.4 Å². The second kappa shape index (κ2) is 9.58. The maximum absolute atomic E-state index is 13.1. The number of amides is 2. The number of hydrogen-bond acceptors (Lipinski definition) is 6. The zero-order chi connectivity index (χ0) is 23.5. The molecule has 0 bridgehead atoms. The molecule has 0 radical (unpaired) electrons. The van der Waals surface area contributed by atoms with Crippen LogP contribution >= 0.6 is 0 Å². The van der Waals surface area contributed by atoms with Crippen LogP contribution in [0.2, 0.25) is 0 Å². The van der Waals surface area contributed by atoms with Gasteiger partial charge >= 0.3 is 0 Å². The summed E-state index contributed by atoms with van der Waals surface area (Å²) in [7, 11) is -3.42. The number of ketones is 1. The Labute approximate surface area is 188 Å². The first-order chi connectivity index (χ1) is 15.0. The molecule has 2 amide bonds. The van der Waals surface area contributed by atoms with Crippen LogP contribution in [0.4, 0.5) is 5.69 Å². The van der Waals surface area contributed by atoms with E-state index in [1.54, 1.807) is 0 Å². The van der Waals surface area contributed by atoms with Gasteiger partial charge in [-0.2, -0.15) is 0 Å². The number of nitrogens with one attached hydrogen (secondary N) is 3. The van der Waals surface area contributed by atoms with Crippen LogP contribution in [0.5, 0.6) is 0 Å². The van der Waals surface area contributed by atoms with Crippen LogP contribution in [0, 0.1) is 5.41 Å². The van der Waals surface area contributed by atoms with Crippen molar-refractivity contribution in [3.05, 3.63) is 29.8 Å². The van der Waals surface area contributed by atoms with Crippen LogP contribution in [-0.4, -0.2) is 57.1 Å². The second-order valence-corrected chi connectivity index (χ2v) is 10.8. The van der Waals surface area contributed by atoms with Gasteiger partial charge in [-0.05, 0) is 55.4 Å². The molecule has 3 N–H and O–H groups in total. The molecule has 10 heteroatoms. The summed E-state index contributed by atoms with van der Waals surface area (Å²) in [4.78, 5) is 38.1. The number of anilines is 1. The van der Waals surface area contributed by atoms with Crippen molar-refractivity contribution in [2.45, 2.75) is 64.1 Å². The fourth-order valence-electron chi connectivity index (χ4n) is 4.20. The molecule has 2 fully saturated rings. The van der Waals surface area contributed by atoms with Gasteiger partial charge in [0.2, 0.25) is 15.9 Å². The van der Waals surface area contributed by atoms with Crippen LogP contribution in [0.25, 0.3) is 0 Å². The Kier molecular flexibility index (Phi) is 7.24. The van der Waals surface area contributed by atoms with Gasteiger partial charge in [0.1, 0.15) is 18.7 Å². The van der Waals surface area contributed by atoms with Crippen LogP contribution in [0.1, 0.15) is 56.3 Å². The molecule has 1 aromatic carbocycles. The van der Waals surface area contributed by atoms with E-state index in [-0.39, 0.29) is 23.9 Å². The van der Waals surface area contributed by atoms with Crippen molar-refractivity contribution in [3.63, 3.8) is 0 Å². The number of benzene rings is 1. The van der Waals surface area contributed by atoms with Crippen molar-refractivity contribution in [2.75, 3.05) is 17.6 Å². The van der Waals surface area contributed by atoms with Crippen LogP contribution in [0.15, 0.2) is 24.3 Å². The minimum atomic E-state index is -3.42. The predicted octanol–water partition coefficient (Wildman–Crippen LogP) is 1.60. The molecule has 1 saturated carbocycles. The van der Waals surface area contributed by atoms with Gasteiger partial charge in [-0.1, -0.05) is 20.3 Å². The third kappa shape index (κ3) is 6.07. The van der Waals surface area contributed by atoms with E-state index in [4.69, 9.17) is 4.74 Å². The SMILES string of the molecule is CC[C@@H]1OCC(=O)[C@H]1NC(=O)[C@H](CC1(C)CCC1)NC(=O)c1ccc(NS(C)(=O)=O)cc1. The molecule has 0 aromatic heterocycles. The van der Waals surface area contributed by atoms with Crippen molar-refractivity contribution >= 4 is 33.3 Å². The fraction of sp³-hybridized carbons (Fsp3) is 0.591. The van der Waals surface area contributed by atoms with Gasteiger partial charge in [-0.25, -0.2) is 8.42 Å². The summed E-state index contributed by atoms with van der Waals surface area (Å²) in [5.74, 6) is -1.01. The molecule has 1 aliphatic carbocycles. The second-order valence-electron chi connectivity index (χ2n) is 9.06. The molecule has 176 valence electrons. The zero-order valence-electron chi connectivity index (χ0n) is 18.6. The van der Waals surface area contributed by atoms with Gasteiger partial charge in [-0.3, -0.25) is 19.1 Å². The van der Waals surface area contributed by atoms with Crippen molar-refractivity contribution < 1.29 is 27.5 Å². The Bertz CT molecular complexity index is 972. The Morgan fingerprint density at radius 2 is 1.88 bits per heavy atom. The molecule has 1 saturated heterocycles. The number of rotatable bonds is 9. The lowest BCUT2D eigenvalue weighted by Gasteiger charge is -2.41. The summed E-state index contributed by atoms with van der Waals surface area (Å²) >= 11 is 0. The number of hydrogen-bond donors (Lipinski definition) is 3. The van der Waals surface area contributed by atoms with Crippen LogP contribution in [-0.2, 0) is 24.3 Å². The summed E-state index contributed by atoms with van der Waals surface area (Å²) in [5.41, 5.74) is 0.594. The maximum atomic E-state index is 13.1. The standard InChI is InChI=1S/C22H31N3O6S/c1-4-18-19(17(26)13-31-18)24-21(28)16(12-22(2)10-5-11-22)23-20(27)14-6-8-15(9-7-14)25-32(3,29)30/h6-9,16,18-19,25H,4-5,10-13H2,1-3H3,(H,23,27)(H,24,28)/t16-,18-,19+/m0/s1. The number of ether oxygens (including phenoxy) is 1. The van der Waals surface area contributed by atoms with Gasteiger partial charge in [0.25, 0.3) is 5.91 Å². The Morgan fingerprint density at radius 3 is 2.41 bits per heavy atom. The number of sulfonamides is 1. The van der Waals surface area contributed by atoms with E-state index in [1.165, 1.54) is 24.3 Å². The topological polar surface area (TPSA) is 131 Å². The van der Waals surface area contributed by atoms with E-state index in [0.717, 1.165) is 25.5 Å². The van der Waals surface area contributed by atoms with Gasteiger partial charge in [-0.15, -0.1) is 0 Å². The zero-order valence-corrected chi connectivity index (χ0v) is 19.5. The normalized spacial score (nSPS) is 23.2. The molecular weight excluding hydrogens is 434 g/mol. The summed E-state index contributed by atoms with van der Waals surface area (Å²) in [6, 6.07) is 4.45. The molecule has 0 spiro atoms. The van der Waals surface area contributed by atoms with Crippen LogP contribution in [0.3, 0.4) is 0 Å². The number of carbonyl (C=O) groups is 3. The van der Waals surface area contributed by atoms with Gasteiger partial charge in [0, 0.05) is 11.3 Å². The maximum Gasteiger partial charge on any atom is 0.251 e. The third-order valence-electron chi connectivity index (χ3n) is 6.19. The quantitative estimate of drug-likeness (QED) is 0.508. The third-order valence-corrected chi connectivity index (χ3v) is 6.79. The summed E-state index contributed by atoms with van der Waals surface area (Å²) in [5, 5.41) is 5.59. The molecule has 2 aliphatic rings. The Morgan fingerprint density at radius 1 is 1.22 bits per heavy atom. The Balaban J connectivity index is 1.71. The first-order valence-electron chi connectivity index (χ1n) is 10.8. The van der Waals surface area contributed by atoms with Crippen molar-refractivity contribution in [1.82, 2.24) is 10.6 Å². The molecule has 1 aliphatic heterocycles. The predicted molar refractivity (Wildman–Crippen MR) is 120 cm³/mol. The highest BCUT2D eigenvalue weighted by Crippen LogP contribution is 2.44. The molecule has 32 heavy (non-hydrogen) atoms. The summed E-state index contributed by atoms with van der Waals surface area (Å²) in [6.07, 6.45) is 4.78. The molecule has 1 heterocycles. The lowest BCUT2D eigenvalue weighted by molar-refractivity contribution is -0.128. The molecular formula is C22H31N3O6S. The van der Waals surface area contributed by atoms with E-state index in [0.29, 0.717) is 24.1 Å². The average molecular weight is 466 g/mol. The van der Waals surface area contributed by atoms with Crippen molar-refractivity contribution in [3.8, 4) is 0 Å². The average Bonchev–Trinajstić information content (AvgIpc) is 3.05. The number of Topliss-reactive ketones (excluding diaryl/α,β-unsaturated/α-hetero) is 1. The molecule has 3 rings (SSSR count). The Hall–Kier alpha value is -2.46. The monoisotopic (exact) mass is 465 g/mol. The lowest BCUT2D eigenvalue weighted by atomic mass is 9.67. The fourth-order valence-corrected chi connectivity index (χ4v) is 4.76. The van der Waals surface area contributed by atoms with E-state index < -0.39 is 33.9 Å². The molecule has 3 atom stereocenters. The minimum absolute atomic E-state index is 0.0218. The smallest absolute Gasteiger partial charge is 0.251 e. The molecule has 1 aromatic rings. The first kappa shape index (κ1) is 24.2. The highest BCUT2D eigenvalue weighted by Gasteiger charge is 2.40. The molecule has 9 nitrogen and oxygen atoms in total. The summed E-state index contributed by atoms with van der Waals surface area (Å²) in [6.45, 7) is 3.96. The van der Waals surface area contributed by atoms with E-state index in [9.17, 15) is 22.8 Å².